The Hall–Kier alpha value is -0.800. The molecule has 20 heavy (non-hydrogen) atoms. The number of aliphatic hydroxyl groups excluding tert-OH is 1. The highest BCUT2D eigenvalue weighted by molar-refractivity contribution is 5.32. The number of aryl methyl sites for hydroxylation is 1. The summed E-state index contributed by atoms with van der Waals surface area (Å²) in [6.07, 6.45) is 7.05. The Balaban J connectivity index is 1.78. The Morgan fingerprint density at radius 3 is 2.75 bits per heavy atom. The normalized spacial score (nSPS) is 25.4. The predicted octanol–water partition coefficient (Wildman–Crippen LogP) is 3.21. The minimum Gasteiger partial charge on any atom is -0.388 e. The molecule has 2 heterocycles. The lowest BCUT2D eigenvalue weighted by atomic mass is 9.95. The number of rotatable bonds is 3. The highest BCUT2D eigenvalue weighted by Gasteiger charge is 2.25. The first-order valence-electron chi connectivity index (χ1n) is 8.28. The molecule has 0 saturated carbocycles. The van der Waals surface area contributed by atoms with Crippen LogP contribution in [0.2, 0.25) is 0 Å². The van der Waals surface area contributed by atoms with E-state index in [2.05, 4.69) is 29.4 Å². The second kappa shape index (κ2) is 5.90. The standard InChI is InChI=1S/C17H28N2O/c1-13-11-15-16(7-6-8-17(15)20)19(13)14(2)12-18-9-4-3-5-10-18/h11,14,17,20H,3-10,12H2,1-2H3. The number of nitrogens with zero attached hydrogens (tertiary/aromatic N) is 2. The van der Waals surface area contributed by atoms with Crippen molar-refractivity contribution in [1.82, 2.24) is 9.47 Å². The van der Waals surface area contributed by atoms with Gasteiger partial charge in [0.15, 0.2) is 0 Å². The molecule has 2 unspecified atom stereocenters. The van der Waals surface area contributed by atoms with Crippen LogP contribution in [0.5, 0.6) is 0 Å². The minimum absolute atomic E-state index is 0.235. The van der Waals surface area contributed by atoms with Crippen molar-refractivity contribution in [3.63, 3.8) is 0 Å². The van der Waals surface area contributed by atoms with Gasteiger partial charge in [-0.15, -0.1) is 0 Å². The Bertz CT molecular complexity index is 460. The van der Waals surface area contributed by atoms with E-state index in [1.54, 1.807) is 0 Å². The summed E-state index contributed by atoms with van der Waals surface area (Å²) in [5.74, 6) is 0. The third-order valence-corrected chi connectivity index (χ3v) is 5.03. The SMILES string of the molecule is Cc1cc2c(n1C(C)CN1CCCCC1)CCCC2O. The van der Waals surface area contributed by atoms with Crippen molar-refractivity contribution in [3.05, 3.63) is 23.0 Å². The summed E-state index contributed by atoms with van der Waals surface area (Å²) in [6, 6.07) is 2.73. The molecule has 112 valence electrons. The van der Waals surface area contributed by atoms with E-state index >= 15 is 0 Å². The fourth-order valence-corrected chi connectivity index (χ4v) is 4.11. The molecule has 0 aromatic carbocycles. The van der Waals surface area contributed by atoms with E-state index in [4.69, 9.17) is 0 Å². The highest BCUT2D eigenvalue weighted by Crippen LogP contribution is 2.34. The molecular formula is C17H28N2O. The number of hydrogen-bond donors (Lipinski definition) is 1. The molecule has 1 aliphatic heterocycles. The second-order valence-corrected chi connectivity index (χ2v) is 6.68. The average molecular weight is 276 g/mol. The number of aliphatic hydroxyl groups is 1. The zero-order valence-electron chi connectivity index (χ0n) is 12.9. The largest absolute Gasteiger partial charge is 0.388 e. The Labute approximate surface area is 122 Å². The van der Waals surface area contributed by atoms with Gasteiger partial charge >= 0.3 is 0 Å². The van der Waals surface area contributed by atoms with Crippen LogP contribution in [0.4, 0.5) is 0 Å². The van der Waals surface area contributed by atoms with Crippen LogP contribution in [0.25, 0.3) is 0 Å². The predicted molar refractivity (Wildman–Crippen MR) is 82.1 cm³/mol. The molecular weight excluding hydrogens is 248 g/mol. The number of piperidine rings is 1. The summed E-state index contributed by atoms with van der Waals surface area (Å²) in [6.45, 7) is 8.20. The van der Waals surface area contributed by atoms with Crippen molar-refractivity contribution >= 4 is 0 Å². The topological polar surface area (TPSA) is 28.4 Å². The quantitative estimate of drug-likeness (QED) is 0.918. The third kappa shape index (κ3) is 2.66. The lowest BCUT2D eigenvalue weighted by Crippen LogP contribution is -2.35. The van der Waals surface area contributed by atoms with Gasteiger partial charge in [-0.3, -0.25) is 0 Å². The summed E-state index contributed by atoms with van der Waals surface area (Å²) in [7, 11) is 0. The maximum Gasteiger partial charge on any atom is 0.0807 e. The number of aromatic nitrogens is 1. The lowest BCUT2D eigenvalue weighted by Gasteiger charge is -2.31. The van der Waals surface area contributed by atoms with Gasteiger partial charge in [0.2, 0.25) is 0 Å². The van der Waals surface area contributed by atoms with E-state index in [0.717, 1.165) is 25.8 Å². The molecule has 3 rings (SSSR count). The van der Waals surface area contributed by atoms with Crippen molar-refractivity contribution < 1.29 is 5.11 Å². The molecule has 0 amide bonds. The summed E-state index contributed by atoms with van der Waals surface area (Å²) >= 11 is 0. The summed E-state index contributed by atoms with van der Waals surface area (Å²) < 4.78 is 2.49. The van der Waals surface area contributed by atoms with Crippen LogP contribution in [0.15, 0.2) is 6.07 Å². The van der Waals surface area contributed by atoms with Gasteiger partial charge in [0.1, 0.15) is 0 Å². The fraction of sp³-hybridized carbons (Fsp3) is 0.765. The number of fused-ring (bicyclic) bond motifs is 1. The molecule has 2 atom stereocenters. The number of hydrogen-bond acceptors (Lipinski definition) is 2. The molecule has 0 spiro atoms. The van der Waals surface area contributed by atoms with Crippen LogP contribution in [0.1, 0.15) is 68.1 Å². The highest BCUT2D eigenvalue weighted by atomic mass is 16.3. The van der Waals surface area contributed by atoms with Crippen molar-refractivity contribution in [2.45, 2.75) is 64.5 Å². The molecule has 1 N–H and O–H groups in total. The van der Waals surface area contributed by atoms with E-state index in [1.165, 1.54) is 49.3 Å². The van der Waals surface area contributed by atoms with E-state index in [-0.39, 0.29) is 6.10 Å². The van der Waals surface area contributed by atoms with E-state index in [1.807, 2.05) is 0 Å². The Kier molecular flexibility index (Phi) is 4.18. The van der Waals surface area contributed by atoms with Gasteiger partial charge in [0.25, 0.3) is 0 Å². The maximum atomic E-state index is 10.2. The molecule has 1 saturated heterocycles. The molecule has 1 fully saturated rings. The first-order valence-corrected chi connectivity index (χ1v) is 8.28. The summed E-state index contributed by atoms with van der Waals surface area (Å²) in [5, 5.41) is 10.2. The summed E-state index contributed by atoms with van der Waals surface area (Å²) in [5.41, 5.74) is 3.91. The van der Waals surface area contributed by atoms with Gasteiger partial charge in [-0.25, -0.2) is 0 Å². The Morgan fingerprint density at radius 2 is 2.00 bits per heavy atom. The molecule has 1 aromatic rings. The first-order chi connectivity index (χ1) is 9.66. The van der Waals surface area contributed by atoms with Gasteiger partial charge < -0.3 is 14.6 Å². The van der Waals surface area contributed by atoms with E-state index in [0.29, 0.717) is 6.04 Å². The van der Waals surface area contributed by atoms with Crippen LogP contribution in [-0.2, 0) is 6.42 Å². The molecule has 0 bridgehead atoms. The molecule has 2 aliphatic rings. The molecule has 0 radical (unpaired) electrons. The maximum absolute atomic E-state index is 10.2. The monoisotopic (exact) mass is 276 g/mol. The molecule has 1 aromatic heterocycles. The van der Waals surface area contributed by atoms with Crippen LogP contribution < -0.4 is 0 Å². The van der Waals surface area contributed by atoms with Crippen LogP contribution in [0, 0.1) is 6.92 Å². The molecule has 1 aliphatic carbocycles. The molecule has 3 heteroatoms. The van der Waals surface area contributed by atoms with Gasteiger partial charge in [-0.2, -0.15) is 0 Å². The van der Waals surface area contributed by atoms with Gasteiger partial charge in [-0.1, -0.05) is 6.42 Å². The minimum atomic E-state index is -0.235. The zero-order valence-corrected chi connectivity index (χ0v) is 12.9. The van der Waals surface area contributed by atoms with Crippen molar-refractivity contribution in [2.24, 2.45) is 0 Å². The van der Waals surface area contributed by atoms with Gasteiger partial charge in [0.05, 0.1) is 6.10 Å². The van der Waals surface area contributed by atoms with Crippen molar-refractivity contribution in [1.29, 1.82) is 0 Å². The van der Waals surface area contributed by atoms with Gasteiger partial charge in [-0.05, 0) is 65.1 Å². The lowest BCUT2D eigenvalue weighted by molar-refractivity contribution is 0.154. The van der Waals surface area contributed by atoms with Crippen molar-refractivity contribution in [2.75, 3.05) is 19.6 Å². The van der Waals surface area contributed by atoms with Crippen LogP contribution in [-0.4, -0.2) is 34.2 Å². The van der Waals surface area contributed by atoms with Crippen LogP contribution >= 0.6 is 0 Å². The smallest absolute Gasteiger partial charge is 0.0807 e. The van der Waals surface area contributed by atoms with E-state index < -0.39 is 0 Å². The second-order valence-electron chi connectivity index (χ2n) is 6.68. The Morgan fingerprint density at radius 1 is 1.25 bits per heavy atom. The van der Waals surface area contributed by atoms with Gasteiger partial charge in [0, 0.05) is 29.5 Å². The van der Waals surface area contributed by atoms with E-state index in [9.17, 15) is 5.11 Å². The number of likely N-dealkylation sites (tertiary alicyclic amines) is 1. The third-order valence-electron chi connectivity index (χ3n) is 5.03. The zero-order chi connectivity index (χ0) is 14.1. The van der Waals surface area contributed by atoms with Crippen LogP contribution in [0.3, 0.4) is 0 Å². The van der Waals surface area contributed by atoms with Crippen molar-refractivity contribution in [3.8, 4) is 0 Å². The first kappa shape index (κ1) is 14.2. The molecule has 3 nitrogen and oxygen atoms in total. The fourth-order valence-electron chi connectivity index (χ4n) is 4.11. The summed E-state index contributed by atoms with van der Waals surface area (Å²) in [4.78, 5) is 2.61. The average Bonchev–Trinajstić information content (AvgIpc) is 2.78.